The molecule has 0 aliphatic carbocycles. The number of carbonyl (C=O) groups is 2. The summed E-state index contributed by atoms with van der Waals surface area (Å²) in [5, 5.41) is 5.76. The number of urea groups is 1. The Hall–Kier alpha value is -2.21. The highest BCUT2D eigenvalue weighted by Crippen LogP contribution is 2.33. The topological polar surface area (TPSA) is 76.7 Å². The van der Waals surface area contributed by atoms with Gasteiger partial charge in [-0.15, -0.1) is 0 Å². The SMILES string of the molecule is CC1=C(C(=O)OC(C)C)C(c2ccc(OC(C)C)c(Cl)c2)NC(=O)N1. The van der Waals surface area contributed by atoms with Gasteiger partial charge in [0.2, 0.25) is 0 Å². The molecule has 1 unspecified atom stereocenters. The fourth-order valence-corrected chi connectivity index (χ4v) is 2.77. The Morgan fingerprint density at radius 1 is 1.20 bits per heavy atom. The molecule has 0 spiro atoms. The van der Waals surface area contributed by atoms with Crippen molar-refractivity contribution in [3.05, 3.63) is 40.1 Å². The van der Waals surface area contributed by atoms with Crippen molar-refractivity contribution in [1.29, 1.82) is 0 Å². The van der Waals surface area contributed by atoms with Crippen molar-refractivity contribution >= 4 is 23.6 Å². The zero-order valence-corrected chi connectivity index (χ0v) is 15.7. The van der Waals surface area contributed by atoms with Gasteiger partial charge < -0.3 is 20.1 Å². The van der Waals surface area contributed by atoms with E-state index in [0.29, 0.717) is 27.6 Å². The van der Waals surface area contributed by atoms with Crippen LogP contribution in [0.15, 0.2) is 29.5 Å². The average molecular weight is 367 g/mol. The monoisotopic (exact) mass is 366 g/mol. The third-order valence-corrected chi connectivity index (χ3v) is 3.78. The van der Waals surface area contributed by atoms with Crippen LogP contribution in [-0.2, 0) is 9.53 Å². The van der Waals surface area contributed by atoms with Crippen molar-refractivity contribution in [1.82, 2.24) is 10.6 Å². The number of esters is 1. The maximum Gasteiger partial charge on any atom is 0.338 e. The van der Waals surface area contributed by atoms with Crippen molar-refractivity contribution in [2.75, 3.05) is 0 Å². The third kappa shape index (κ3) is 4.66. The number of benzene rings is 1. The molecule has 0 radical (unpaired) electrons. The van der Waals surface area contributed by atoms with Gasteiger partial charge in [0.1, 0.15) is 5.75 Å². The molecule has 2 amide bonds. The van der Waals surface area contributed by atoms with Gasteiger partial charge in [0, 0.05) is 5.70 Å². The fraction of sp³-hybridized carbons (Fsp3) is 0.444. The zero-order valence-electron chi connectivity index (χ0n) is 15.0. The highest BCUT2D eigenvalue weighted by atomic mass is 35.5. The van der Waals surface area contributed by atoms with Crippen LogP contribution >= 0.6 is 11.6 Å². The summed E-state index contributed by atoms with van der Waals surface area (Å²) in [6.07, 6.45) is -0.280. The molecule has 2 N–H and O–H groups in total. The second kappa shape index (κ2) is 7.78. The molecule has 7 heteroatoms. The van der Waals surface area contributed by atoms with Gasteiger partial charge in [-0.25, -0.2) is 9.59 Å². The Labute approximate surface area is 152 Å². The fourth-order valence-electron chi connectivity index (χ4n) is 2.54. The van der Waals surface area contributed by atoms with Crippen LogP contribution in [0.1, 0.15) is 46.2 Å². The van der Waals surface area contributed by atoms with Crippen molar-refractivity contribution in [3.63, 3.8) is 0 Å². The largest absolute Gasteiger partial charge is 0.489 e. The van der Waals surface area contributed by atoms with E-state index in [-0.39, 0.29) is 18.2 Å². The molecule has 6 nitrogen and oxygen atoms in total. The number of hydrogen-bond acceptors (Lipinski definition) is 4. The smallest absolute Gasteiger partial charge is 0.338 e. The van der Waals surface area contributed by atoms with Gasteiger partial charge >= 0.3 is 12.0 Å². The lowest BCUT2D eigenvalue weighted by Gasteiger charge is -2.29. The number of ether oxygens (including phenoxy) is 2. The Bertz CT molecular complexity index is 713. The van der Waals surface area contributed by atoms with E-state index in [1.165, 1.54) is 0 Å². The molecule has 1 aromatic carbocycles. The maximum atomic E-state index is 12.5. The molecule has 1 aliphatic heterocycles. The van der Waals surface area contributed by atoms with Gasteiger partial charge in [-0.3, -0.25) is 0 Å². The second-order valence-corrected chi connectivity index (χ2v) is 6.79. The number of carbonyl (C=O) groups excluding carboxylic acids is 2. The standard InChI is InChI=1S/C18H23ClN2O4/c1-9(2)24-14-7-6-12(8-13(14)19)16-15(17(22)25-10(3)4)11(5)20-18(23)21-16/h6-10,16H,1-5H3,(H2,20,21,23). The van der Waals surface area contributed by atoms with Crippen LogP contribution in [0.4, 0.5) is 4.79 Å². The predicted molar refractivity (Wildman–Crippen MR) is 95.6 cm³/mol. The third-order valence-electron chi connectivity index (χ3n) is 3.48. The van der Waals surface area contributed by atoms with Gasteiger partial charge in [-0.05, 0) is 52.3 Å². The summed E-state index contributed by atoms with van der Waals surface area (Å²) < 4.78 is 10.9. The maximum absolute atomic E-state index is 12.5. The van der Waals surface area contributed by atoms with Crippen molar-refractivity contribution in [2.24, 2.45) is 0 Å². The Morgan fingerprint density at radius 3 is 2.44 bits per heavy atom. The van der Waals surface area contributed by atoms with Crippen molar-refractivity contribution < 1.29 is 19.1 Å². The molecule has 1 aromatic rings. The molecule has 0 bridgehead atoms. The van der Waals surface area contributed by atoms with Crippen LogP contribution < -0.4 is 15.4 Å². The van der Waals surface area contributed by atoms with E-state index >= 15 is 0 Å². The number of amides is 2. The molecular formula is C18H23ClN2O4. The molecule has 0 aromatic heterocycles. The van der Waals surface area contributed by atoms with Crippen LogP contribution in [0, 0.1) is 0 Å². The van der Waals surface area contributed by atoms with Crippen molar-refractivity contribution in [2.45, 2.75) is 52.9 Å². The summed E-state index contributed by atoms with van der Waals surface area (Å²) in [5.41, 5.74) is 1.48. The summed E-state index contributed by atoms with van der Waals surface area (Å²) in [5.74, 6) is 0.0660. The highest BCUT2D eigenvalue weighted by molar-refractivity contribution is 6.32. The van der Waals surface area contributed by atoms with Crippen LogP contribution in [-0.4, -0.2) is 24.2 Å². The lowest BCUT2D eigenvalue weighted by Crippen LogP contribution is -2.45. The van der Waals surface area contributed by atoms with E-state index in [9.17, 15) is 9.59 Å². The Kier molecular flexibility index (Phi) is 5.95. The van der Waals surface area contributed by atoms with Crippen molar-refractivity contribution in [3.8, 4) is 5.75 Å². The van der Waals surface area contributed by atoms with E-state index in [1.807, 2.05) is 13.8 Å². The molecule has 1 atom stereocenters. The first kappa shape index (κ1) is 19.1. The lowest BCUT2D eigenvalue weighted by molar-refractivity contribution is -0.143. The summed E-state index contributed by atoms with van der Waals surface area (Å²) in [4.78, 5) is 24.4. The summed E-state index contributed by atoms with van der Waals surface area (Å²) in [6, 6.07) is 4.15. The van der Waals surface area contributed by atoms with Gasteiger partial charge in [-0.2, -0.15) is 0 Å². The molecule has 2 rings (SSSR count). The highest BCUT2D eigenvalue weighted by Gasteiger charge is 2.33. The molecule has 1 aliphatic rings. The number of hydrogen-bond donors (Lipinski definition) is 2. The van der Waals surface area contributed by atoms with E-state index < -0.39 is 12.0 Å². The number of allylic oxidation sites excluding steroid dienone is 1. The molecule has 1 heterocycles. The first-order valence-electron chi connectivity index (χ1n) is 8.14. The quantitative estimate of drug-likeness (QED) is 0.779. The molecule has 136 valence electrons. The number of halogens is 1. The van der Waals surface area contributed by atoms with Crippen LogP contribution in [0.5, 0.6) is 5.75 Å². The minimum atomic E-state index is -0.648. The van der Waals surface area contributed by atoms with Gasteiger partial charge in [0.15, 0.2) is 0 Å². The first-order valence-corrected chi connectivity index (χ1v) is 8.52. The van der Waals surface area contributed by atoms with Gasteiger partial charge in [0.25, 0.3) is 0 Å². The van der Waals surface area contributed by atoms with Crippen LogP contribution in [0.2, 0.25) is 5.02 Å². The normalized spacial score (nSPS) is 17.4. The predicted octanol–water partition coefficient (Wildman–Crippen LogP) is 3.71. The van der Waals surface area contributed by atoms with E-state index in [4.69, 9.17) is 21.1 Å². The van der Waals surface area contributed by atoms with E-state index in [0.717, 1.165) is 0 Å². The summed E-state index contributed by atoms with van der Waals surface area (Å²) >= 11 is 6.29. The Balaban J connectivity index is 2.40. The average Bonchev–Trinajstić information content (AvgIpc) is 2.47. The van der Waals surface area contributed by atoms with Crippen LogP contribution in [0.25, 0.3) is 0 Å². The van der Waals surface area contributed by atoms with Gasteiger partial charge in [0.05, 0.1) is 28.8 Å². The molecule has 25 heavy (non-hydrogen) atoms. The lowest BCUT2D eigenvalue weighted by atomic mass is 9.95. The van der Waals surface area contributed by atoms with Gasteiger partial charge in [-0.1, -0.05) is 17.7 Å². The summed E-state index contributed by atoms with van der Waals surface area (Å²) in [7, 11) is 0. The number of rotatable bonds is 5. The molecule has 0 saturated carbocycles. The minimum Gasteiger partial charge on any atom is -0.489 e. The molecule has 0 saturated heterocycles. The van der Waals surface area contributed by atoms with Crippen LogP contribution in [0.3, 0.4) is 0 Å². The van der Waals surface area contributed by atoms with E-state index in [2.05, 4.69) is 10.6 Å². The molecular weight excluding hydrogens is 344 g/mol. The minimum absolute atomic E-state index is 0.0133. The molecule has 0 fully saturated rings. The second-order valence-electron chi connectivity index (χ2n) is 6.38. The first-order chi connectivity index (χ1) is 11.7. The Morgan fingerprint density at radius 2 is 1.88 bits per heavy atom. The summed E-state index contributed by atoms with van der Waals surface area (Å²) in [6.45, 7) is 9.02. The number of nitrogens with one attached hydrogen (secondary N) is 2. The zero-order chi connectivity index (χ0) is 18.7. The van der Waals surface area contributed by atoms with E-state index in [1.54, 1.807) is 39.0 Å².